The Balaban J connectivity index is 1.77. The monoisotopic (exact) mass is 367 g/mol. The number of carboxylic acid groups (broad SMARTS) is 1. The van der Waals surface area contributed by atoms with Crippen LogP contribution in [0.15, 0.2) is 41.4 Å². The Morgan fingerprint density at radius 2 is 2.04 bits per heavy atom. The predicted octanol–water partition coefficient (Wildman–Crippen LogP) is 3.71. The van der Waals surface area contributed by atoms with Crippen molar-refractivity contribution >= 4 is 36.4 Å². The first-order chi connectivity index (χ1) is 11.5. The normalized spacial score (nSPS) is 15.1. The zero-order chi connectivity index (χ0) is 17.5. The lowest BCUT2D eigenvalue weighted by atomic mass is 10.0. The fourth-order valence-electron chi connectivity index (χ4n) is 2.36. The number of thioether (sulfide) groups is 1. The van der Waals surface area contributed by atoms with E-state index in [1.54, 1.807) is 0 Å². The molecule has 0 saturated carbocycles. The summed E-state index contributed by atoms with van der Waals surface area (Å²) in [4.78, 5) is 15.2. The van der Waals surface area contributed by atoms with Crippen LogP contribution in [0.2, 0.25) is 0 Å². The lowest BCUT2D eigenvalue weighted by Crippen LogP contribution is -2.22. The lowest BCUT2D eigenvalue weighted by molar-refractivity contribution is -0.147. The van der Waals surface area contributed by atoms with Crippen LogP contribution in [0.3, 0.4) is 0 Å². The van der Waals surface area contributed by atoms with Gasteiger partial charge in [-0.2, -0.15) is 0 Å². The molecule has 5 nitrogen and oxygen atoms in total. The summed E-state index contributed by atoms with van der Waals surface area (Å²) < 4.78 is 12.2. The van der Waals surface area contributed by atoms with E-state index < -0.39 is 19.9 Å². The summed E-state index contributed by atoms with van der Waals surface area (Å²) in [7, 11) is -1.75. The number of carboxylic acids is 1. The molecule has 2 N–H and O–H groups in total. The number of rotatable bonds is 9. The van der Waals surface area contributed by atoms with Crippen LogP contribution in [-0.2, 0) is 9.36 Å². The third-order valence-corrected chi connectivity index (χ3v) is 7.02. The Bertz CT molecular complexity index is 725. The van der Waals surface area contributed by atoms with Crippen molar-refractivity contribution in [1.29, 1.82) is 0 Å². The van der Waals surface area contributed by atoms with Crippen LogP contribution in [0.25, 0.3) is 10.9 Å². The van der Waals surface area contributed by atoms with Crippen LogP contribution in [0.5, 0.6) is 0 Å². The van der Waals surface area contributed by atoms with Gasteiger partial charge in [-0.3, -0.25) is 0 Å². The lowest BCUT2D eigenvalue weighted by Gasteiger charge is -2.13. The van der Waals surface area contributed by atoms with Crippen LogP contribution >= 0.6 is 19.6 Å². The number of aliphatic hydroxyl groups excluding tert-OH is 1. The maximum atomic E-state index is 12.2. The molecule has 0 spiro atoms. The Morgan fingerprint density at radius 1 is 1.29 bits per heavy atom. The first-order valence-electron chi connectivity index (χ1n) is 7.87. The summed E-state index contributed by atoms with van der Waals surface area (Å²) in [6.45, 7) is 1.87. The van der Waals surface area contributed by atoms with Gasteiger partial charge in [-0.15, -0.1) is 0 Å². The number of fused-ring (bicyclic) bond motifs is 1. The minimum Gasteiger partial charge on any atom is -0.479 e. The minimum absolute atomic E-state index is 0.0360. The largest absolute Gasteiger partial charge is 0.479 e. The average Bonchev–Trinajstić information content (AvgIpc) is 2.57. The van der Waals surface area contributed by atoms with E-state index in [0.717, 1.165) is 15.9 Å². The highest BCUT2D eigenvalue weighted by Crippen LogP contribution is 2.33. The highest BCUT2D eigenvalue weighted by atomic mass is 32.2. The van der Waals surface area contributed by atoms with Crippen molar-refractivity contribution in [3.8, 4) is 0 Å². The van der Waals surface area contributed by atoms with Crippen LogP contribution in [0, 0.1) is 5.92 Å². The average molecular weight is 367 g/mol. The number of hydrogen-bond donors (Lipinski definition) is 2. The number of para-hydroxylation sites is 1. The molecule has 0 bridgehead atoms. The molecule has 3 unspecified atom stereocenters. The summed E-state index contributed by atoms with van der Waals surface area (Å²) in [6.07, 6.45) is 0.0923. The first kappa shape index (κ1) is 19.0. The molecule has 0 saturated heterocycles. The number of nitrogens with zero attached hydrogens (tertiary/aromatic N) is 1. The van der Waals surface area contributed by atoms with Gasteiger partial charge in [0.2, 0.25) is 0 Å². The SMILES string of the molecule is CC(CC[PH](=O)CSc1ccc2ccccc2n1)CC(O)C(=O)O. The van der Waals surface area contributed by atoms with E-state index in [1.165, 1.54) is 11.8 Å². The smallest absolute Gasteiger partial charge is 0.332 e. The van der Waals surface area contributed by atoms with Gasteiger partial charge in [0.25, 0.3) is 0 Å². The molecule has 0 aliphatic carbocycles. The minimum atomic E-state index is -1.75. The van der Waals surface area contributed by atoms with Crippen LogP contribution in [-0.4, -0.2) is 38.9 Å². The second-order valence-electron chi connectivity index (χ2n) is 5.90. The zero-order valence-electron chi connectivity index (χ0n) is 13.5. The Labute approximate surface area is 146 Å². The molecule has 0 radical (unpaired) electrons. The van der Waals surface area contributed by atoms with Crippen molar-refractivity contribution in [1.82, 2.24) is 4.98 Å². The molecule has 1 aromatic heterocycles. The van der Waals surface area contributed by atoms with Crippen LogP contribution in [0.4, 0.5) is 0 Å². The summed E-state index contributed by atoms with van der Waals surface area (Å²) in [5.74, 6) is -1.17. The van der Waals surface area contributed by atoms with E-state index in [9.17, 15) is 14.5 Å². The molecule has 2 rings (SSSR count). The molecule has 0 fully saturated rings. The quantitative estimate of drug-likeness (QED) is 0.519. The van der Waals surface area contributed by atoms with E-state index in [1.807, 2.05) is 43.3 Å². The van der Waals surface area contributed by atoms with E-state index in [2.05, 4.69) is 4.98 Å². The zero-order valence-corrected chi connectivity index (χ0v) is 15.3. The summed E-state index contributed by atoms with van der Waals surface area (Å²) in [6, 6.07) is 11.8. The summed E-state index contributed by atoms with van der Waals surface area (Å²) in [5, 5.41) is 19.9. The number of pyridine rings is 1. The van der Waals surface area contributed by atoms with Crippen molar-refractivity contribution in [2.45, 2.75) is 30.9 Å². The number of aromatic nitrogens is 1. The number of carbonyl (C=O) groups is 1. The Hall–Kier alpha value is -1.36. The molecule has 0 amide bonds. The van der Waals surface area contributed by atoms with Crippen LogP contribution < -0.4 is 0 Å². The second-order valence-corrected chi connectivity index (χ2v) is 9.34. The van der Waals surface area contributed by atoms with Gasteiger partial charge in [0.05, 0.1) is 23.8 Å². The van der Waals surface area contributed by atoms with Gasteiger partial charge in [-0.25, -0.2) is 9.78 Å². The molecule has 3 atom stereocenters. The highest BCUT2D eigenvalue weighted by molar-refractivity contribution is 8.03. The third-order valence-electron chi connectivity index (χ3n) is 3.78. The number of hydrogen-bond acceptors (Lipinski definition) is 5. The predicted molar refractivity (Wildman–Crippen MR) is 98.4 cm³/mol. The van der Waals surface area contributed by atoms with Gasteiger partial charge in [0, 0.05) is 5.39 Å². The van der Waals surface area contributed by atoms with Gasteiger partial charge in [0.15, 0.2) is 6.10 Å². The molecule has 1 aromatic carbocycles. The molecule has 24 heavy (non-hydrogen) atoms. The van der Waals surface area contributed by atoms with Crippen LogP contribution in [0.1, 0.15) is 19.8 Å². The van der Waals surface area contributed by atoms with Gasteiger partial charge in [-0.1, -0.05) is 43.0 Å². The van der Waals surface area contributed by atoms with Gasteiger partial charge in [0.1, 0.15) is 0 Å². The van der Waals surface area contributed by atoms with E-state index >= 15 is 0 Å². The topological polar surface area (TPSA) is 87.5 Å². The van der Waals surface area contributed by atoms with Crippen molar-refractivity contribution in [3.05, 3.63) is 36.4 Å². The van der Waals surface area contributed by atoms with E-state index in [-0.39, 0.29) is 12.3 Å². The molecular weight excluding hydrogens is 345 g/mol. The molecule has 0 aliphatic heterocycles. The molecule has 130 valence electrons. The maximum absolute atomic E-state index is 12.2. The Kier molecular flexibility index (Phi) is 7.28. The molecule has 2 aromatic rings. The molecule has 7 heteroatoms. The van der Waals surface area contributed by atoms with Crippen molar-refractivity contribution in [3.63, 3.8) is 0 Å². The standard InChI is InChI=1S/C17H22NO4PS/c1-12(10-15(19)17(20)21)8-9-23(22)11-24-16-7-6-13-4-2-3-5-14(13)18-16/h2-7,12,15,19,23H,8-11H2,1H3,(H,20,21). The van der Waals surface area contributed by atoms with Crippen molar-refractivity contribution in [2.24, 2.45) is 5.92 Å². The van der Waals surface area contributed by atoms with Gasteiger partial charge >= 0.3 is 5.97 Å². The second kappa shape index (κ2) is 9.21. The summed E-state index contributed by atoms with van der Waals surface area (Å²) in [5.41, 5.74) is 1.46. The maximum Gasteiger partial charge on any atom is 0.332 e. The van der Waals surface area contributed by atoms with E-state index in [0.29, 0.717) is 18.1 Å². The van der Waals surface area contributed by atoms with Gasteiger partial charge in [-0.05, 0) is 37.1 Å². The first-order valence-corrected chi connectivity index (χ1v) is 10.7. The van der Waals surface area contributed by atoms with E-state index in [4.69, 9.17) is 5.11 Å². The molecule has 0 aliphatic rings. The third kappa shape index (κ3) is 5.93. The summed E-state index contributed by atoms with van der Waals surface area (Å²) >= 11 is 1.49. The number of aliphatic hydroxyl groups is 1. The molecular formula is C17H22NO4PS. The Morgan fingerprint density at radius 3 is 2.79 bits per heavy atom. The highest BCUT2D eigenvalue weighted by Gasteiger charge is 2.17. The molecule has 1 heterocycles. The fourth-order valence-corrected chi connectivity index (χ4v) is 5.32. The van der Waals surface area contributed by atoms with Crippen molar-refractivity contribution in [2.75, 3.05) is 11.7 Å². The van der Waals surface area contributed by atoms with Crippen molar-refractivity contribution < 1.29 is 19.6 Å². The van der Waals surface area contributed by atoms with Gasteiger partial charge < -0.3 is 14.8 Å². The fraction of sp³-hybridized carbons (Fsp3) is 0.412. The number of benzene rings is 1. The number of aliphatic carboxylic acids is 1.